The van der Waals surface area contributed by atoms with Crippen molar-refractivity contribution in [1.29, 1.82) is 0 Å². The van der Waals surface area contributed by atoms with Crippen LogP contribution in [0.3, 0.4) is 0 Å². The van der Waals surface area contributed by atoms with Gasteiger partial charge < -0.3 is 4.74 Å². The van der Waals surface area contributed by atoms with Crippen LogP contribution < -0.4 is 4.74 Å². The fourth-order valence-corrected chi connectivity index (χ4v) is 1.80. The molecule has 1 heterocycles. The van der Waals surface area contributed by atoms with Gasteiger partial charge in [0.25, 0.3) is 0 Å². The van der Waals surface area contributed by atoms with E-state index in [9.17, 15) is 31.1 Å². The molecule has 0 bridgehead atoms. The van der Waals surface area contributed by atoms with E-state index < -0.39 is 29.5 Å². The number of alkyl halides is 6. The normalized spacial score (nSPS) is 12.1. The Hall–Kier alpha value is -2.58. The standard InChI is InChI=1S/C14H7F6NO2/c15-13(16,17)11-5-9(6-21-12(11)7-22)8-1-3-10(4-2-8)23-14(18,19)20/h1-7H. The first-order chi connectivity index (χ1) is 10.6. The van der Waals surface area contributed by atoms with Crippen LogP contribution in [-0.2, 0) is 6.18 Å². The molecule has 0 aliphatic carbocycles. The first-order valence-electron chi connectivity index (χ1n) is 5.99. The van der Waals surface area contributed by atoms with Gasteiger partial charge in [0, 0.05) is 11.8 Å². The minimum Gasteiger partial charge on any atom is -0.406 e. The predicted octanol–water partition coefficient (Wildman–Crippen LogP) is 4.48. The number of hydrogen-bond acceptors (Lipinski definition) is 3. The number of rotatable bonds is 3. The number of carbonyl (C=O) groups excluding carboxylic acids is 1. The van der Waals surface area contributed by atoms with Crippen LogP contribution >= 0.6 is 0 Å². The number of pyridine rings is 1. The Labute approximate surface area is 125 Å². The van der Waals surface area contributed by atoms with Gasteiger partial charge in [0.05, 0.1) is 5.56 Å². The van der Waals surface area contributed by atoms with Gasteiger partial charge in [-0.2, -0.15) is 13.2 Å². The summed E-state index contributed by atoms with van der Waals surface area (Å²) in [6, 6.07) is 4.93. The molecule has 0 unspecified atom stereocenters. The molecule has 122 valence electrons. The molecule has 0 N–H and O–H groups in total. The summed E-state index contributed by atoms with van der Waals surface area (Å²) in [6.45, 7) is 0. The largest absolute Gasteiger partial charge is 0.573 e. The minimum atomic E-state index is -4.86. The zero-order chi connectivity index (χ0) is 17.3. The van der Waals surface area contributed by atoms with Crippen LogP contribution in [0.25, 0.3) is 11.1 Å². The molecule has 0 aliphatic heterocycles. The summed E-state index contributed by atoms with van der Waals surface area (Å²) < 4.78 is 78.3. The van der Waals surface area contributed by atoms with E-state index in [1.165, 1.54) is 0 Å². The molecular formula is C14H7F6NO2. The van der Waals surface area contributed by atoms with E-state index in [0.717, 1.165) is 30.5 Å². The van der Waals surface area contributed by atoms with Crippen LogP contribution in [0.5, 0.6) is 5.75 Å². The molecule has 0 amide bonds. The van der Waals surface area contributed by atoms with Gasteiger partial charge in [-0.05, 0) is 23.8 Å². The lowest BCUT2D eigenvalue weighted by atomic mass is 10.0. The fraction of sp³-hybridized carbons (Fsp3) is 0.143. The third-order valence-electron chi connectivity index (χ3n) is 2.76. The Kier molecular flexibility index (Phi) is 4.31. The Morgan fingerprint density at radius 1 is 0.957 bits per heavy atom. The summed E-state index contributed by atoms with van der Waals surface area (Å²) in [6.07, 6.45) is -8.64. The lowest BCUT2D eigenvalue weighted by Crippen LogP contribution is -2.16. The number of carbonyl (C=O) groups is 1. The van der Waals surface area contributed by atoms with Crippen molar-refractivity contribution in [3.63, 3.8) is 0 Å². The molecule has 2 rings (SSSR count). The van der Waals surface area contributed by atoms with E-state index >= 15 is 0 Å². The van der Waals surface area contributed by atoms with Crippen molar-refractivity contribution >= 4 is 6.29 Å². The number of aromatic nitrogens is 1. The van der Waals surface area contributed by atoms with Crippen molar-refractivity contribution in [3.05, 3.63) is 47.8 Å². The van der Waals surface area contributed by atoms with E-state index in [-0.39, 0.29) is 17.4 Å². The van der Waals surface area contributed by atoms with E-state index in [4.69, 9.17) is 0 Å². The predicted molar refractivity (Wildman–Crippen MR) is 66.7 cm³/mol. The molecule has 0 saturated carbocycles. The first kappa shape index (κ1) is 16.8. The second kappa shape index (κ2) is 5.90. The molecule has 0 saturated heterocycles. The maximum atomic E-state index is 12.8. The van der Waals surface area contributed by atoms with Gasteiger partial charge in [0.15, 0.2) is 6.29 Å². The van der Waals surface area contributed by atoms with Crippen molar-refractivity contribution in [2.75, 3.05) is 0 Å². The van der Waals surface area contributed by atoms with E-state index in [1.54, 1.807) is 0 Å². The van der Waals surface area contributed by atoms with Crippen LogP contribution in [0.1, 0.15) is 16.1 Å². The smallest absolute Gasteiger partial charge is 0.406 e. The monoisotopic (exact) mass is 335 g/mol. The molecule has 1 aromatic carbocycles. The van der Waals surface area contributed by atoms with Gasteiger partial charge >= 0.3 is 12.5 Å². The summed E-state index contributed by atoms with van der Waals surface area (Å²) in [7, 11) is 0. The maximum Gasteiger partial charge on any atom is 0.573 e. The summed E-state index contributed by atoms with van der Waals surface area (Å²) in [5.41, 5.74) is -1.80. The Bertz CT molecular complexity index is 707. The number of nitrogens with zero attached hydrogens (tertiary/aromatic N) is 1. The number of aldehydes is 1. The maximum absolute atomic E-state index is 12.8. The zero-order valence-corrected chi connectivity index (χ0v) is 11.1. The number of hydrogen-bond donors (Lipinski definition) is 0. The molecule has 3 nitrogen and oxygen atoms in total. The van der Waals surface area contributed by atoms with Gasteiger partial charge in [-0.1, -0.05) is 12.1 Å². The Morgan fingerprint density at radius 2 is 1.57 bits per heavy atom. The minimum absolute atomic E-state index is 0.00137. The van der Waals surface area contributed by atoms with E-state index in [0.29, 0.717) is 6.07 Å². The van der Waals surface area contributed by atoms with Crippen LogP contribution in [0, 0.1) is 0 Å². The van der Waals surface area contributed by atoms with Crippen LogP contribution in [-0.4, -0.2) is 17.6 Å². The van der Waals surface area contributed by atoms with Gasteiger partial charge in [-0.3, -0.25) is 9.78 Å². The second-order valence-corrected chi connectivity index (χ2v) is 4.34. The molecule has 2 aromatic rings. The quantitative estimate of drug-likeness (QED) is 0.613. The Balaban J connectivity index is 2.37. The average molecular weight is 335 g/mol. The van der Waals surface area contributed by atoms with Crippen molar-refractivity contribution in [1.82, 2.24) is 4.98 Å². The zero-order valence-electron chi connectivity index (χ0n) is 11.1. The van der Waals surface area contributed by atoms with Gasteiger partial charge in [0.1, 0.15) is 11.4 Å². The van der Waals surface area contributed by atoms with Gasteiger partial charge in [-0.15, -0.1) is 13.2 Å². The SMILES string of the molecule is O=Cc1ncc(-c2ccc(OC(F)(F)F)cc2)cc1C(F)(F)F. The van der Waals surface area contributed by atoms with Crippen LogP contribution in [0.15, 0.2) is 36.5 Å². The average Bonchev–Trinajstić information content (AvgIpc) is 2.45. The van der Waals surface area contributed by atoms with Crippen molar-refractivity contribution in [2.24, 2.45) is 0 Å². The molecular weight excluding hydrogens is 328 g/mol. The fourth-order valence-electron chi connectivity index (χ4n) is 1.80. The Morgan fingerprint density at radius 3 is 2.04 bits per heavy atom. The highest BCUT2D eigenvalue weighted by Gasteiger charge is 2.34. The number of benzene rings is 1. The first-order valence-corrected chi connectivity index (χ1v) is 5.99. The van der Waals surface area contributed by atoms with Crippen LogP contribution in [0.4, 0.5) is 26.3 Å². The second-order valence-electron chi connectivity index (χ2n) is 4.34. The third kappa shape index (κ3) is 4.21. The molecule has 0 atom stereocenters. The molecule has 0 aliphatic rings. The lowest BCUT2D eigenvalue weighted by Gasteiger charge is -2.12. The number of ether oxygens (including phenoxy) is 1. The topological polar surface area (TPSA) is 39.2 Å². The number of halogens is 6. The highest BCUT2D eigenvalue weighted by Crippen LogP contribution is 2.34. The molecule has 9 heteroatoms. The lowest BCUT2D eigenvalue weighted by molar-refractivity contribution is -0.274. The van der Waals surface area contributed by atoms with Crippen molar-refractivity contribution in [3.8, 4) is 16.9 Å². The van der Waals surface area contributed by atoms with E-state index in [1.807, 2.05) is 0 Å². The molecule has 0 radical (unpaired) electrons. The molecule has 0 spiro atoms. The summed E-state index contributed by atoms with van der Waals surface area (Å²) in [5.74, 6) is -0.505. The van der Waals surface area contributed by atoms with Crippen molar-refractivity contribution in [2.45, 2.75) is 12.5 Å². The summed E-state index contributed by atoms with van der Waals surface area (Å²) >= 11 is 0. The molecule has 0 fully saturated rings. The van der Waals surface area contributed by atoms with E-state index in [2.05, 4.69) is 9.72 Å². The molecule has 1 aromatic heterocycles. The van der Waals surface area contributed by atoms with Crippen molar-refractivity contribution < 1.29 is 35.9 Å². The van der Waals surface area contributed by atoms with Gasteiger partial charge in [0.2, 0.25) is 0 Å². The highest BCUT2D eigenvalue weighted by atomic mass is 19.4. The molecule has 23 heavy (non-hydrogen) atoms. The summed E-state index contributed by atoms with van der Waals surface area (Å²) in [5, 5.41) is 0. The van der Waals surface area contributed by atoms with Crippen LogP contribution in [0.2, 0.25) is 0 Å². The highest BCUT2D eigenvalue weighted by molar-refractivity contribution is 5.77. The third-order valence-corrected chi connectivity index (χ3v) is 2.76. The summed E-state index contributed by atoms with van der Waals surface area (Å²) in [4.78, 5) is 14.0. The van der Waals surface area contributed by atoms with Gasteiger partial charge in [-0.25, -0.2) is 0 Å².